The van der Waals surface area contributed by atoms with E-state index >= 15 is 0 Å². The van der Waals surface area contributed by atoms with Crippen LogP contribution in [0.3, 0.4) is 0 Å². The van der Waals surface area contributed by atoms with E-state index in [1.54, 1.807) is 0 Å². The third-order valence-corrected chi connectivity index (χ3v) is 5.08. The molecule has 0 aromatic heterocycles. The standard InChI is InChI=1S/C11H20N2O4S/c14-11(6-10-7-17-4-3-12-10)13-9-2-1-5-18(15,16)8-9/h9-10,12H,1-8H2,(H,13,14). The predicted molar refractivity (Wildman–Crippen MR) is 67.0 cm³/mol. The highest BCUT2D eigenvalue weighted by Crippen LogP contribution is 2.12. The van der Waals surface area contributed by atoms with E-state index < -0.39 is 9.84 Å². The second-order valence-electron chi connectivity index (χ2n) is 4.95. The van der Waals surface area contributed by atoms with Gasteiger partial charge in [0.15, 0.2) is 9.84 Å². The normalized spacial score (nSPS) is 31.8. The molecule has 0 spiro atoms. The molecule has 1 amide bonds. The highest BCUT2D eigenvalue weighted by molar-refractivity contribution is 7.91. The Labute approximate surface area is 107 Å². The number of sulfone groups is 1. The number of morpholine rings is 1. The maximum Gasteiger partial charge on any atom is 0.221 e. The monoisotopic (exact) mass is 276 g/mol. The lowest BCUT2D eigenvalue weighted by atomic mass is 10.1. The third-order valence-electron chi connectivity index (χ3n) is 3.26. The quantitative estimate of drug-likeness (QED) is 0.695. The van der Waals surface area contributed by atoms with Crippen molar-refractivity contribution >= 4 is 15.7 Å². The van der Waals surface area contributed by atoms with E-state index in [2.05, 4.69) is 10.6 Å². The molecule has 2 atom stereocenters. The van der Waals surface area contributed by atoms with Crippen molar-refractivity contribution in [2.75, 3.05) is 31.3 Å². The molecular weight excluding hydrogens is 256 g/mol. The van der Waals surface area contributed by atoms with Crippen molar-refractivity contribution in [3.8, 4) is 0 Å². The average molecular weight is 276 g/mol. The highest BCUT2D eigenvalue weighted by Gasteiger charge is 2.26. The van der Waals surface area contributed by atoms with Crippen molar-refractivity contribution < 1.29 is 17.9 Å². The van der Waals surface area contributed by atoms with Gasteiger partial charge < -0.3 is 15.4 Å². The van der Waals surface area contributed by atoms with Gasteiger partial charge in [0.1, 0.15) is 0 Å². The first-order valence-electron chi connectivity index (χ1n) is 6.36. The second-order valence-corrected chi connectivity index (χ2v) is 7.18. The van der Waals surface area contributed by atoms with Crippen LogP contribution in [0, 0.1) is 0 Å². The maximum absolute atomic E-state index is 11.8. The van der Waals surface area contributed by atoms with Gasteiger partial charge in [-0.25, -0.2) is 8.42 Å². The smallest absolute Gasteiger partial charge is 0.221 e. The zero-order valence-corrected chi connectivity index (χ0v) is 11.2. The van der Waals surface area contributed by atoms with Crippen molar-refractivity contribution in [1.29, 1.82) is 0 Å². The van der Waals surface area contributed by atoms with Gasteiger partial charge in [0.25, 0.3) is 0 Å². The number of carbonyl (C=O) groups excluding carboxylic acids is 1. The van der Waals surface area contributed by atoms with Crippen molar-refractivity contribution in [3.05, 3.63) is 0 Å². The first-order valence-corrected chi connectivity index (χ1v) is 8.18. The zero-order valence-electron chi connectivity index (χ0n) is 10.4. The molecule has 0 bridgehead atoms. The molecule has 0 saturated carbocycles. The fourth-order valence-electron chi connectivity index (χ4n) is 2.40. The average Bonchev–Trinajstić information content (AvgIpc) is 2.28. The van der Waals surface area contributed by atoms with E-state index in [0.717, 1.165) is 13.0 Å². The number of hydrogen-bond donors (Lipinski definition) is 2. The molecule has 2 unspecified atom stereocenters. The lowest BCUT2D eigenvalue weighted by Gasteiger charge is -2.26. The fraction of sp³-hybridized carbons (Fsp3) is 0.909. The lowest BCUT2D eigenvalue weighted by Crippen LogP contribution is -2.48. The summed E-state index contributed by atoms with van der Waals surface area (Å²) in [5.41, 5.74) is 0. The van der Waals surface area contributed by atoms with Crippen LogP contribution in [0.4, 0.5) is 0 Å². The van der Waals surface area contributed by atoms with Gasteiger partial charge in [-0.2, -0.15) is 0 Å². The minimum absolute atomic E-state index is 0.0407. The molecule has 2 heterocycles. The van der Waals surface area contributed by atoms with Crippen LogP contribution in [-0.2, 0) is 19.4 Å². The van der Waals surface area contributed by atoms with E-state index in [9.17, 15) is 13.2 Å². The number of carbonyl (C=O) groups is 1. The van der Waals surface area contributed by atoms with Gasteiger partial charge in [0, 0.05) is 25.0 Å². The first kappa shape index (κ1) is 13.8. The van der Waals surface area contributed by atoms with E-state index in [-0.39, 0.29) is 29.5 Å². The lowest BCUT2D eigenvalue weighted by molar-refractivity contribution is -0.122. The number of amides is 1. The van der Waals surface area contributed by atoms with E-state index in [1.807, 2.05) is 0 Å². The molecule has 2 aliphatic heterocycles. The molecule has 2 saturated heterocycles. The Morgan fingerprint density at radius 2 is 2.28 bits per heavy atom. The number of ether oxygens (including phenoxy) is 1. The molecule has 2 N–H and O–H groups in total. The summed E-state index contributed by atoms with van der Waals surface area (Å²) >= 11 is 0. The van der Waals surface area contributed by atoms with Crippen LogP contribution in [0.2, 0.25) is 0 Å². The summed E-state index contributed by atoms with van der Waals surface area (Å²) in [7, 11) is -2.97. The summed E-state index contributed by atoms with van der Waals surface area (Å²) in [5.74, 6) is 0.227. The molecule has 104 valence electrons. The molecule has 0 aliphatic carbocycles. The largest absolute Gasteiger partial charge is 0.378 e. The predicted octanol–water partition coefficient (Wildman–Crippen LogP) is -0.942. The fourth-order valence-corrected chi connectivity index (χ4v) is 4.03. The van der Waals surface area contributed by atoms with E-state index in [0.29, 0.717) is 26.1 Å². The Morgan fingerprint density at radius 3 is 2.94 bits per heavy atom. The molecule has 18 heavy (non-hydrogen) atoms. The number of rotatable bonds is 3. The Bertz CT molecular complexity index is 390. The van der Waals surface area contributed by atoms with Gasteiger partial charge in [-0.1, -0.05) is 0 Å². The summed E-state index contributed by atoms with van der Waals surface area (Å²) in [4.78, 5) is 11.8. The summed E-state index contributed by atoms with van der Waals surface area (Å²) in [5, 5.41) is 6.01. The topological polar surface area (TPSA) is 84.5 Å². The van der Waals surface area contributed by atoms with Crippen LogP contribution in [-0.4, -0.2) is 57.7 Å². The minimum atomic E-state index is -2.97. The van der Waals surface area contributed by atoms with Crippen LogP contribution in [0.15, 0.2) is 0 Å². The van der Waals surface area contributed by atoms with Crippen LogP contribution >= 0.6 is 0 Å². The third kappa shape index (κ3) is 4.22. The van der Waals surface area contributed by atoms with Gasteiger partial charge >= 0.3 is 0 Å². The number of nitrogens with one attached hydrogen (secondary N) is 2. The van der Waals surface area contributed by atoms with E-state index in [4.69, 9.17) is 4.74 Å². The van der Waals surface area contributed by atoms with Crippen LogP contribution in [0.25, 0.3) is 0 Å². The van der Waals surface area contributed by atoms with Gasteiger partial charge in [0.2, 0.25) is 5.91 Å². The molecule has 6 nitrogen and oxygen atoms in total. The molecule has 0 aromatic rings. The Morgan fingerprint density at radius 1 is 1.44 bits per heavy atom. The van der Waals surface area contributed by atoms with E-state index in [1.165, 1.54) is 0 Å². The van der Waals surface area contributed by atoms with Gasteiger partial charge in [-0.15, -0.1) is 0 Å². The molecular formula is C11H20N2O4S. The van der Waals surface area contributed by atoms with Crippen LogP contribution in [0.1, 0.15) is 19.3 Å². The molecule has 2 rings (SSSR count). The molecule has 0 aromatic carbocycles. The van der Waals surface area contributed by atoms with Gasteiger partial charge in [0.05, 0.1) is 24.7 Å². The van der Waals surface area contributed by atoms with Crippen molar-refractivity contribution in [2.24, 2.45) is 0 Å². The molecule has 2 fully saturated rings. The van der Waals surface area contributed by atoms with Gasteiger partial charge in [-0.3, -0.25) is 4.79 Å². The van der Waals surface area contributed by atoms with Crippen LogP contribution in [0.5, 0.6) is 0 Å². The van der Waals surface area contributed by atoms with Gasteiger partial charge in [-0.05, 0) is 12.8 Å². The summed E-state index contributed by atoms with van der Waals surface area (Å²) in [6.07, 6.45) is 1.73. The SMILES string of the molecule is O=C(CC1COCCN1)NC1CCCS(=O)(=O)C1. The molecule has 2 aliphatic rings. The highest BCUT2D eigenvalue weighted by atomic mass is 32.2. The summed E-state index contributed by atoms with van der Waals surface area (Å²) < 4.78 is 28.2. The first-order chi connectivity index (χ1) is 8.55. The van der Waals surface area contributed by atoms with Crippen molar-refractivity contribution in [1.82, 2.24) is 10.6 Å². The minimum Gasteiger partial charge on any atom is -0.378 e. The van der Waals surface area contributed by atoms with Crippen LogP contribution < -0.4 is 10.6 Å². The Kier molecular flexibility index (Phi) is 4.58. The number of hydrogen-bond acceptors (Lipinski definition) is 5. The maximum atomic E-state index is 11.8. The molecule has 0 radical (unpaired) electrons. The zero-order chi connectivity index (χ0) is 13.0. The Hall–Kier alpha value is -0.660. The Balaban J connectivity index is 1.76. The summed E-state index contributed by atoms with van der Waals surface area (Å²) in [6.45, 7) is 1.98. The summed E-state index contributed by atoms with van der Waals surface area (Å²) in [6, 6.07) is -0.181. The van der Waals surface area contributed by atoms with Crippen molar-refractivity contribution in [3.63, 3.8) is 0 Å². The van der Waals surface area contributed by atoms with Crippen molar-refractivity contribution in [2.45, 2.75) is 31.3 Å². The molecule has 7 heteroatoms. The second kappa shape index (κ2) is 5.99.